The molecule has 1 N–H and O–H groups in total. The number of carbonyl (C=O) groups is 1. The van der Waals surface area contributed by atoms with Crippen molar-refractivity contribution < 1.29 is 9.21 Å². The predicted octanol–water partition coefficient (Wildman–Crippen LogP) is 3.75. The molecule has 6 heteroatoms. The molecule has 2 rings (SSSR count). The molecule has 0 saturated carbocycles. The molecule has 0 bridgehead atoms. The Morgan fingerprint density at radius 1 is 1.26 bits per heavy atom. The van der Waals surface area contributed by atoms with Gasteiger partial charge in [-0.3, -0.25) is 4.79 Å². The second-order valence-electron chi connectivity index (χ2n) is 4.09. The summed E-state index contributed by atoms with van der Waals surface area (Å²) < 4.78 is 7.09. The van der Waals surface area contributed by atoms with E-state index < -0.39 is 0 Å². The van der Waals surface area contributed by atoms with Crippen LogP contribution in [0.15, 0.2) is 31.6 Å². The van der Waals surface area contributed by atoms with Gasteiger partial charge in [0, 0.05) is 14.5 Å². The Bertz CT molecular complexity index is 583. The molecular weight excluding hydrogens is 376 g/mol. The normalized spacial score (nSPS) is 10.5. The minimum absolute atomic E-state index is 0.171. The second-order valence-corrected chi connectivity index (χ2v) is 5.92. The summed E-state index contributed by atoms with van der Waals surface area (Å²) in [4.78, 5) is 16.2. The van der Waals surface area contributed by atoms with Crippen LogP contribution in [-0.2, 0) is 6.54 Å². The van der Waals surface area contributed by atoms with Gasteiger partial charge in [-0.2, -0.15) is 0 Å². The minimum Gasteiger partial charge on any atom is -0.444 e. The van der Waals surface area contributed by atoms with Gasteiger partial charge in [0.15, 0.2) is 0 Å². The first-order valence-electron chi connectivity index (χ1n) is 5.63. The van der Waals surface area contributed by atoms with Crippen molar-refractivity contribution in [3.05, 3.63) is 50.1 Å². The number of hydrogen-bond acceptors (Lipinski definition) is 3. The smallest absolute Gasteiger partial charge is 0.251 e. The van der Waals surface area contributed by atoms with Crippen molar-refractivity contribution in [3.63, 3.8) is 0 Å². The fourth-order valence-electron chi connectivity index (χ4n) is 1.56. The van der Waals surface area contributed by atoms with Gasteiger partial charge in [0.1, 0.15) is 5.76 Å². The van der Waals surface area contributed by atoms with Crippen molar-refractivity contribution in [2.75, 3.05) is 0 Å². The van der Waals surface area contributed by atoms with Crippen molar-refractivity contribution in [2.45, 2.75) is 20.4 Å². The Hall–Kier alpha value is -1.14. The third kappa shape index (κ3) is 3.67. The molecule has 0 radical (unpaired) electrons. The summed E-state index contributed by atoms with van der Waals surface area (Å²) in [5.41, 5.74) is 1.41. The Morgan fingerprint density at radius 3 is 2.42 bits per heavy atom. The van der Waals surface area contributed by atoms with Gasteiger partial charge in [-0.25, -0.2) is 4.98 Å². The number of aryl methyl sites for hydroxylation is 2. The zero-order chi connectivity index (χ0) is 14.0. The van der Waals surface area contributed by atoms with E-state index in [-0.39, 0.29) is 12.5 Å². The number of aromatic nitrogens is 1. The van der Waals surface area contributed by atoms with E-state index in [2.05, 4.69) is 42.2 Å². The molecule has 1 heterocycles. The molecule has 100 valence electrons. The third-order valence-electron chi connectivity index (χ3n) is 2.60. The molecular formula is C13H12Br2N2O2. The van der Waals surface area contributed by atoms with Gasteiger partial charge in [-0.05, 0) is 32.0 Å². The molecule has 0 aliphatic rings. The van der Waals surface area contributed by atoms with E-state index in [0.717, 1.165) is 20.4 Å². The Labute approximate surface area is 127 Å². The maximum absolute atomic E-state index is 12.0. The zero-order valence-electron chi connectivity index (χ0n) is 10.5. The second kappa shape index (κ2) is 5.88. The number of amides is 1. The molecule has 0 saturated heterocycles. The first kappa shape index (κ1) is 14.3. The van der Waals surface area contributed by atoms with Gasteiger partial charge in [0.2, 0.25) is 5.89 Å². The molecule has 1 aromatic carbocycles. The van der Waals surface area contributed by atoms with E-state index in [4.69, 9.17) is 4.42 Å². The number of hydrogen-bond donors (Lipinski definition) is 1. The maximum atomic E-state index is 12.0. The van der Waals surface area contributed by atoms with Crippen LogP contribution in [0.4, 0.5) is 0 Å². The van der Waals surface area contributed by atoms with Crippen molar-refractivity contribution >= 4 is 37.8 Å². The highest BCUT2D eigenvalue weighted by molar-refractivity contribution is 9.11. The number of nitrogens with zero attached hydrogens (tertiary/aromatic N) is 1. The van der Waals surface area contributed by atoms with Gasteiger partial charge in [-0.15, -0.1) is 0 Å². The van der Waals surface area contributed by atoms with E-state index in [1.165, 1.54) is 0 Å². The summed E-state index contributed by atoms with van der Waals surface area (Å²) >= 11 is 6.70. The molecule has 19 heavy (non-hydrogen) atoms. The van der Waals surface area contributed by atoms with Crippen molar-refractivity contribution in [2.24, 2.45) is 0 Å². The molecule has 0 spiro atoms. The molecule has 0 aliphatic carbocycles. The van der Waals surface area contributed by atoms with Crippen LogP contribution >= 0.6 is 31.9 Å². The molecule has 1 amide bonds. The standard InChI is InChI=1S/C13H12Br2N2O2/c1-7-8(2)19-12(17-7)6-16-13(18)9-3-10(14)5-11(15)4-9/h3-5H,6H2,1-2H3,(H,16,18). The average Bonchev–Trinajstić information content (AvgIpc) is 2.64. The Kier molecular flexibility index (Phi) is 4.42. The lowest BCUT2D eigenvalue weighted by molar-refractivity contribution is 0.0947. The minimum atomic E-state index is -0.171. The lowest BCUT2D eigenvalue weighted by Gasteiger charge is -2.04. The van der Waals surface area contributed by atoms with Gasteiger partial charge in [0.05, 0.1) is 12.2 Å². The summed E-state index contributed by atoms with van der Waals surface area (Å²) in [5.74, 6) is 1.11. The highest BCUT2D eigenvalue weighted by atomic mass is 79.9. The van der Waals surface area contributed by atoms with Crippen LogP contribution in [0.3, 0.4) is 0 Å². The average molecular weight is 388 g/mol. The fourth-order valence-corrected chi connectivity index (χ4v) is 2.85. The van der Waals surface area contributed by atoms with E-state index in [9.17, 15) is 4.79 Å². The van der Waals surface area contributed by atoms with Gasteiger partial charge in [-0.1, -0.05) is 31.9 Å². The molecule has 4 nitrogen and oxygen atoms in total. The zero-order valence-corrected chi connectivity index (χ0v) is 13.6. The highest BCUT2D eigenvalue weighted by Crippen LogP contribution is 2.20. The number of rotatable bonds is 3. The number of oxazole rings is 1. The molecule has 0 aliphatic heterocycles. The first-order valence-corrected chi connectivity index (χ1v) is 7.21. The Balaban J connectivity index is 2.05. The molecule has 2 aromatic rings. The van der Waals surface area contributed by atoms with Crippen molar-refractivity contribution in [1.82, 2.24) is 10.3 Å². The highest BCUT2D eigenvalue weighted by Gasteiger charge is 2.10. The largest absolute Gasteiger partial charge is 0.444 e. The van der Waals surface area contributed by atoms with E-state index >= 15 is 0 Å². The lowest BCUT2D eigenvalue weighted by atomic mass is 10.2. The van der Waals surface area contributed by atoms with Crippen LogP contribution in [0, 0.1) is 13.8 Å². The van der Waals surface area contributed by atoms with E-state index in [1.54, 1.807) is 12.1 Å². The third-order valence-corrected chi connectivity index (χ3v) is 3.51. The lowest BCUT2D eigenvalue weighted by Crippen LogP contribution is -2.23. The fraction of sp³-hybridized carbons (Fsp3) is 0.231. The maximum Gasteiger partial charge on any atom is 0.251 e. The first-order chi connectivity index (χ1) is 8.95. The van der Waals surface area contributed by atoms with E-state index in [1.807, 2.05) is 19.9 Å². The van der Waals surface area contributed by atoms with Crippen LogP contribution in [0.2, 0.25) is 0 Å². The number of nitrogens with one attached hydrogen (secondary N) is 1. The van der Waals surface area contributed by atoms with Gasteiger partial charge < -0.3 is 9.73 Å². The SMILES string of the molecule is Cc1nc(CNC(=O)c2cc(Br)cc(Br)c2)oc1C. The molecule has 0 fully saturated rings. The van der Waals surface area contributed by atoms with Crippen LogP contribution in [-0.4, -0.2) is 10.9 Å². The van der Waals surface area contributed by atoms with Crippen molar-refractivity contribution in [1.29, 1.82) is 0 Å². The van der Waals surface area contributed by atoms with Crippen molar-refractivity contribution in [3.8, 4) is 0 Å². The summed E-state index contributed by atoms with van der Waals surface area (Å²) in [6.45, 7) is 3.99. The Morgan fingerprint density at radius 2 is 1.89 bits per heavy atom. The van der Waals surface area contributed by atoms with Gasteiger partial charge in [0.25, 0.3) is 5.91 Å². The summed E-state index contributed by atoms with van der Waals surface area (Å²) in [5, 5.41) is 2.77. The summed E-state index contributed by atoms with van der Waals surface area (Å²) in [6, 6.07) is 5.38. The predicted molar refractivity (Wildman–Crippen MR) is 79.0 cm³/mol. The van der Waals surface area contributed by atoms with E-state index in [0.29, 0.717) is 11.5 Å². The van der Waals surface area contributed by atoms with Gasteiger partial charge >= 0.3 is 0 Å². The molecule has 0 atom stereocenters. The number of carbonyl (C=O) groups excluding carboxylic acids is 1. The summed E-state index contributed by atoms with van der Waals surface area (Å²) in [7, 11) is 0. The summed E-state index contributed by atoms with van der Waals surface area (Å²) in [6.07, 6.45) is 0. The van der Waals surface area contributed by atoms with Crippen LogP contribution in [0.5, 0.6) is 0 Å². The topological polar surface area (TPSA) is 55.1 Å². The number of benzene rings is 1. The van der Waals surface area contributed by atoms with Crippen LogP contribution in [0.1, 0.15) is 27.7 Å². The molecule has 0 unspecified atom stereocenters. The monoisotopic (exact) mass is 386 g/mol. The number of halogens is 2. The molecule has 1 aromatic heterocycles. The quantitative estimate of drug-likeness (QED) is 0.872. The van der Waals surface area contributed by atoms with Crippen LogP contribution in [0.25, 0.3) is 0 Å². The van der Waals surface area contributed by atoms with Crippen LogP contribution < -0.4 is 5.32 Å².